The Kier molecular flexibility index (Phi) is 4.83. The number of aromatic nitrogens is 1. The lowest BCUT2D eigenvalue weighted by atomic mass is 9.89. The summed E-state index contributed by atoms with van der Waals surface area (Å²) in [5.41, 5.74) is 1.16. The van der Waals surface area contributed by atoms with Crippen molar-refractivity contribution in [2.24, 2.45) is 0 Å². The van der Waals surface area contributed by atoms with Crippen LogP contribution in [0.15, 0.2) is 36.5 Å². The molecule has 2 atom stereocenters. The number of benzene rings is 1. The molecule has 1 aliphatic heterocycles. The summed E-state index contributed by atoms with van der Waals surface area (Å²) >= 11 is 0. The van der Waals surface area contributed by atoms with Crippen LogP contribution in [-0.4, -0.2) is 26.9 Å². The zero-order valence-electron chi connectivity index (χ0n) is 14.4. The van der Waals surface area contributed by atoms with E-state index < -0.39 is 17.0 Å². The summed E-state index contributed by atoms with van der Waals surface area (Å²) in [5.74, 6) is -0.287. The van der Waals surface area contributed by atoms with Crippen molar-refractivity contribution in [1.29, 1.82) is 0 Å². The van der Waals surface area contributed by atoms with Gasteiger partial charge in [-0.15, -0.1) is 0 Å². The summed E-state index contributed by atoms with van der Waals surface area (Å²) in [6.07, 6.45) is 1.82. The highest BCUT2D eigenvalue weighted by molar-refractivity contribution is 5.72. The number of carbonyl (C=O) groups is 1. The second-order valence-corrected chi connectivity index (χ2v) is 6.14. The molecule has 0 saturated heterocycles. The lowest BCUT2D eigenvalue weighted by Crippen LogP contribution is -2.47. The van der Waals surface area contributed by atoms with Gasteiger partial charge < -0.3 is 4.74 Å². The van der Waals surface area contributed by atoms with Crippen LogP contribution in [0.1, 0.15) is 37.4 Å². The third-order valence-electron chi connectivity index (χ3n) is 4.67. The minimum atomic E-state index is -0.568. The van der Waals surface area contributed by atoms with Crippen molar-refractivity contribution in [3.05, 3.63) is 63.7 Å². The monoisotopic (exact) mass is 359 g/mol. The highest BCUT2D eigenvalue weighted by Crippen LogP contribution is 2.35. The molecule has 0 aliphatic carbocycles. The Labute approximate surface area is 149 Å². The highest BCUT2D eigenvalue weighted by atomic mass is 19.1. The van der Waals surface area contributed by atoms with Crippen molar-refractivity contribution in [2.45, 2.75) is 38.8 Å². The van der Waals surface area contributed by atoms with Crippen LogP contribution in [0.4, 0.5) is 14.9 Å². The van der Waals surface area contributed by atoms with Gasteiger partial charge in [-0.2, -0.15) is 4.39 Å². The van der Waals surface area contributed by atoms with Gasteiger partial charge >= 0.3 is 6.09 Å². The number of pyridine rings is 1. The van der Waals surface area contributed by atoms with E-state index in [1.54, 1.807) is 11.0 Å². The number of hydrogen-bond donors (Lipinski definition) is 0. The minimum Gasteiger partial charge on any atom is -0.410 e. The molecule has 1 aromatic carbocycles. The van der Waals surface area contributed by atoms with Crippen molar-refractivity contribution >= 4 is 11.8 Å². The Balaban J connectivity index is 1.84. The molecule has 0 saturated carbocycles. The normalized spacial score (nSPS) is 19.0. The average molecular weight is 359 g/mol. The van der Waals surface area contributed by atoms with Gasteiger partial charge in [0, 0.05) is 29.9 Å². The Morgan fingerprint density at radius 1 is 1.38 bits per heavy atom. The molecule has 7 nitrogen and oxygen atoms in total. The highest BCUT2D eigenvalue weighted by Gasteiger charge is 2.37. The van der Waals surface area contributed by atoms with Gasteiger partial charge in [0.15, 0.2) is 0 Å². The number of fused-ring (bicyclic) bond motifs is 1. The topological polar surface area (TPSA) is 85.6 Å². The van der Waals surface area contributed by atoms with E-state index in [4.69, 9.17) is 4.74 Å². The van der Waals surface area contributed by atoms with Crippen LogP contribution >= 0.6 is 0 Å². The number of carbonyl (C=O) groups excluding carboxylic acids is 1. The summed E-state index contributed by atoms with van der Waals surface area (Å²) in [6, 6.07) is 6.42. The van der Waals surface area contributed by atoms with E-state index in [-0.39, 0.29) is 23.5 Å². The van der Waals surface area contributed by atoms with E-state index in [2.05, 4.69) is 4.98 Å². The number of non-ortho nitro benzene ring substituents is 1. The van der Waals surface area contributed by atoms with Gasteiger partial charge in [0.2, 0.25) is 5.95 Å². The number of nitro groups is 1. The number of ether oxygens (including phenoxy) is 1. The Bertz CT molecular complexity index is 841. The number of halogens is 1. The van der Waals surface area contributed by atoms with Crippen molar-refractivity contribution in [2.75, 3.05) is 0 Å². The molecule has 0 bridgehead atoms. The van der Waals surface area contributed by atoms with Gasteiger partial charge in [0.05, 0.1) is 11.0 Å². The van der Waals surface area contributed by atoms with E-state index in [1.807, 2.05) is 13.8 Å². The van der Waals surface area contributed by atoms with Crippen LogP contribution in [0, 0.1) is 16.1 Å². The third-order valence-corrected chi connectivity index (χ3v) is 4.67. The van der Waals surface area contributed by atoms with Gasteiger partial charge in [-0.25, -0.2) is 9.78 Å². The fraction of sp³-hybridized carbons (Fsp3) is 0.333. The van der Waals surface area contributed by atoms with E-state index in [0.29, 0.717) is 24.0 Å². The van der Waals surface area contributed by atoms with Crippen LogP contribution in [0.5, 0.6) is 5.75 Å². The van der Waals surface area contributed by atoms with Gasteiger partial charge in [0.1, 0.15) is 5.75 Å². The molecule has 2 unspecified atom stereocenters. The maximum atomic E-state index is 14.0. The molecule has 1 aromatic heterocycles. The van der Waals surface area contributed by atoms with E-state index in [1.165, 1.54) is 30.5 Å². The van der Waals surface area contributed by atoms with E-state index in [9.17, 15) is 19.3 Å². The van der Waals surface area contributed by atoms with Crippen LogP contribution in [0.3, 0.4) is 0 Å². The SMILES string of the molecule is CCC1Cc2c(ccnc2F)C(C)N1C(=O)Oc1ccc([N+](=O)[O-])cc1. The molecular formula is C18H18FN3O4. The van der Waals surface area contributed by atoms with Crippen LogP contribution in [0.25, 0.3) is 0 Å². The summed E-state index contributed by atoms with van der Waals surface area (Å²) in [6.45, 7) is 3.74. The second-order valence-electron chi connectivity index (χ2n) is 6.14. The molecule has 2 aromatic rings. The molecule has 0 spiro atoms. The third kappa shape index (κ3) is 3.22. The molecule has 8 heteroatoms. The lowest BCUT2D eigenvalue weighted by molar-refractivity contribution is -0.384. The fourth-order valence-electron chi connectivity index (χ4n) is 3.31. The van der Waals surface area contributed by atoms with Gasteiger partial charge in [0.25, 0.3) is 5.69 Å². The smallest absolute Gasteiger partial charge is 0.410 e. The van der Waals surface area contributed by atoms with Crippen molar-refractivity contribution in [3.8, 4) is 5.75 Å². The molecule has 2 heterocycles. The maximum Gasteiger partial charge on any atom is 0.416 e. The first-order valence-corrected chi connectivity index (χ1v) is 8.30. The molecular weight excluding hydrogens is 341 g/mol. The first-order valence-electron chi connectivity index (χ1n) is 8.30. The zero-order valence-corrected chi connectivity index (χ0v) is 14.4. The van der Waals surface area contributed by atoms with Crippen LogP contribution in [-0.2, 0) is 6.42 Å². The molecule has 0 fully saturated rings. The standard InChI is InChI=1S/C18H18FN3O4/c1-3-12-10-16-15(8-9-20-17(16)19)11(2)21(12)18(23)26-14-6-4-13(5-7-14)22(24)25/h4-9,11-12H,3,10H2,1-2H3. The first-order chi connectivity index (χ1) is 12.4. The second kappa shape index (κ2) is 7.07. The average Bonchev–Trinajstić information content (AvgIpc) is 2.62. The van der Waals surface area contributed by atoms with Crippen LogP contribution < -0.4 is 4.74 Å². The van der Waals surface area contributed by atoms with Gasteiger partial charge in [-0.3, -0.25) is 15.0 Å². The van der Waals surface area contributed by atoms with Crippen LogP contribution in [0.2, 0.25) is 0 Å². The van der Waals surface area contributed by atoms with Crippen molar-refractivity contribution in [3.63, 3.8) is 0 Å². The molecule has 26 heavy (non-hydrogen) atoms. The predicted molar refractivity (Wildman–Crippen MR) is 91.4 cm³/mol. The minimum absolute atomic E-state index is 0.0838. The molecule has 1 aliphatic rings. The zero-order chi connectivity index (χ0) is 18.8. The Hall–Kier alpha value is -3.03. The van der Waals surface area contributed by atoms with E-state index >= 15 is 0 Å². The van der Waals surface area contributed by atoms with Gasteiger partial charge in [-0.05, 0) is 43.5 Å². The summed E-state index contributed by atoms with van der Waals surface area (Å²) < 4.78 is 19.4. The Morgan fingerprint density at radius 2 is 2.08 bits per heavy atom. The molecule has 136 valence electrons. The molecule has 0 N–H and O–H groups in total. The fourth-order valence-corrected chi connectivity index (χ4v) is 3.31. The first kappa shape index (κ1) is 17.8. The van der Waals surface area contributed by atoms with Gasteiger partial charge in [-0.1, -0.05) is 6.92 Å². The summed E-state index contributed by atoms with van der Waals surface area (Å²) in [4.78, 5) is 28.2. The van der Waals surface area contributed by atoms with Crippen molar-refractivity contribution < 1.29 is 18.8 Å². The predicted octanol–water partition coefficient (Wildman–Crippen LogP) is 4.03. The van der Waals surface area contributed by atoms with E-state index in [0.717, 1.165) is 0 Å². The molecule has 0 radical (unpaired) electrons. The number of nitrogens with zero attached hydrogens (tertiary/aromatic N) is 3. The lowest BCUT2D eigenvalue weighted by Gasteiger charge is -2.40. The number of amides is 1. The number of nitro benzene ring substituents is 1. The quantitative estimate of drug-likeness (QED) is 0.469. The number of rotatable bonds is 3. The summed E-state index contributed by atoms with van der Waals surface area (Å²) in [5, 5.41) is 10.7. The Morgan fingerprint density at radius 3 is 2.69 bits per heavy atom. The summed E-state index contributed by atoms with van der Waals surface area (Å²) in [7, 11) is 0. The molecule has 3 rings (SSSR count). The van der Waals surface area contributed by atoms with Crippen molar-refractivity contribution in [1.82, 2.24) is 9.88 Å². The largest absolute Gasteiger partial charge is 0.416 e. The number of hydrogen-bond acceptors (Lipinski definition) is 5. The maximum absolute atomic E-state index is 14.0. The molecule has 1 amide bonds.